The monoisotopic (exact) mass is 233 g/mol. The second-order valence-electron chi connectivity index (χ2n) is 2.47. The van der Waals surface area contributed by atoms with Crippen LogP contribution in [0.3, 0.4) is 0 Å². The lowest BCUT2D eigenvalue weighted by Crippen LogP contribution is -2.15. The summed E-state index contributed by atoms with van der Waals surface area (Å²) in [5.41, 5.74) is 1.10. The van der Waals surface area contributed by atoms with Crippen LogP contribution in [0, 0.1) is 0 Å². The summed E-state index contributed by atoms with van der Waals surface area (Å²) < 4.78 is 5.83. The Balaban J connectivity index is 2.20. The van der Waals surface area contributed by atoms with E-state index in [1.165, 1.54) is 0 Å². The van der Waals surface area contributed by atoms with Crippen molar-refractivity contribution in [1.29, 1.82) is 0 Å². The Bertz CT molecular complexity index is 225. The minimum Gasteiger partial charge on any atom is -0.457 e. The van der Waals surface area contributed by atoms with E-state index in [1.54, 1.807) is 6.26 Å². The summed E-state index contributed by atoms with van der Waals surface area (Å²) in [6.45, 7) is 1.84. The molecule has 4 heteroatoms. The van der Waals surface area contributed by atoms with Crippen molar-refractivity contribution in [3.8, 4) is 0 Å². The third-order valence-electron chi connectivity index (χ3n) is 1.52. The number of halogens is 1. The molecule has 0 aromatic carbocycles. The zero-order valence-corrected chi connectivity index (χ0v) is 8.30. The van der Waals surface area contributed by atoms with Crippen molar-refractivity contribution in [2.24, 2.45) is 0 Å². The molecule has 1 heterocycles. The van der Waals surface area contributed by atoms with Crippen LogP contribution in [-0.2, 0) is 6.54 Å². The van der Waals surface area contributed by atoms with Crippen molar-refractivity contribution in [2.45, 2.75) is 13.0 Å². The Morgan fingerprint density at radius 3 is 3.00 bits per heavy atom. The van der Waals surface area contributed by atoms with Crippen molar-refractivity contribution in [1.82, 2.24) is 5.32 Å². The van der Waals surface area contributed by atoms with Gasteiger partial charge in [-0.15, -0.1) is 0 Å². The molecule has 0 aliphatic rings. The SMILES string of the molecule is OCCCNCc1ccoc1Br. The van der Waals surface area contributed by atoms with Gasteiger partial charge in [0.15, 0.2) is 4.67 Å². The first kappa shape index (κ1) is 9.77. The Kier molecular flexibility index (Phi) is 4.35. The predicted octanol–water partition coefficient (Wildman–Crippen LogP) is 1.51. The summed E-state index contributed by atoms with van der Waals surface area (Å²) in [5, 5.41) is 11.7. The number of hydrogen-bond donors (Lipinski definition) is 2. The lowest BCUT2D eigenvalue weighted by molar-refractivity contribution is 0.286. The van der Waals surface area contributed by atoms with Gasteiger partial charge in [-0.3, -0.25) is 0 Å². The number of hydrogen-bond acceptors (Lipinski definition) is 3. The van der Waals surface area contributed by atoms with E-state index >= 15 is 0 Å². The van der Waals surface area contributed by atoms with E-state index in [1.807, 2.05) is 6.07 Å². The maximum Gasteiger partial charge on any atom is 0.173 e. The molecule has 1 rings (SSSR count). The third-order valence-corrected chi connectivity index (χ3v) is 2.22. The van der Waals surface area contributed by atoms with Gasteiger partial charge in [0.2, 0.25) is 0 Å². The Morgan fingerprint density at radius 2 is 2.42 bits per heavy atom. The van der Waals surface area contributed by atoms with E-state index in [4.69, 9.17) is 9.52 Å². The lowest BCUT2D eigenvalue weighted by Gasteiger charge is -2.00. The van der Waals surface area contributed by atoms with Gasteiger partial charge in [0.1, 0.15) is 0 Å². The highest BCUT2D eigenvalue weighted by molar-refractivity contribution is 9.10. The average Bonchev–Trinajstić information content (AvgIpc) is 2.46. The molecule has 3 nitrogen and oxygen atoms in total. The van der Waals surface area contributed by atoms with Crippen LogP contribution in [-0.4, -0.2) is 18.3 Å². The largest absolute Gasteiger partial charge is 0.457 e. The molecule has 0 amide bonds. The van der Waals surface area contributed by atoms with Gasteiger partial charge in [0.25, 0.3) is 0 Å². The van der Waals surface area contributed by atoms with E-state index < -0.39 is 0 Å². The first-order chi connectivity index (χ1) is 5.84. The molecule has 0 fully saturated rings. The highest BCUT2D eigenvalue weighted by atomic mass is 79.9. The van der Waals surface area contributed by atoms with Gasteiger partial charge >= 0.3 is 0 Å². The number of aliphatic hydroxyl groups is 1. The first-order valence-corrected chi connectivity index (χ1v) is 4.67. The van der Waals surface area contributed by atoms with Crippen LogP contribution >= 0.6 is 15.9 Å². The maximum absolute atomic E-state index is 8.51. The van der Waals surface area contributed by atoms with E-state index in [-0.39, 0.29) is 6.61 Å². The first-order valence-electron chi connectivity index (χ1n) is 3.88. The highest BCUT2D eigenvalue weighted by Crippen LogP contribution is 2.16. The summed E-state index contributed by atoms with van der Waals surface area (Å²) >= 11 is 3.28. The molecule has 1 aromatic rings. The zero-order chi connectivity index (χ0) is 8.81. The molecule has 0 spiro atoms. The van der Waals surface area contributed by atoms with Crippen LogP contribution < -0.4 is 5.32 Å². The smallest absolute Gasteiger partial charge is 0.173 e. The molecule has 68 valence electrons. The normalized spacial score (nSPS) is 10.5. The number of furan rings is 1. The lowest BCUT2D eigenvalue weighted by atomic mass is 10.3. The molecule has 2 N–H and O–H groups in total. The minimum absolute atomic E-state index is 0.236. The Hall–Kier alpha value is -0.320. The minimum atomic E-state index is 0.236. The van der Waals surface area contributed by atoms with Crippen molar-refractivity contribution in [2.75, 3.05) is 13.2 Å². The Labute approximate surface area is 79.9 Å². The zero-order valence-electron chi connectivity index (χ0n) is 6.72. The van der Waals surface area contributed by atoms with Crippen LogP contribution in [0.25, 0.3) is 0 Å². The molecule has 0 unspecified atom stereocenters. The molecule has 12 heavy (non-hydrogen) atoms. The predicted molar refractivity (Wildman–Crippen MR) is 49.8 cm³/mol. The number of nitrogens with one attached hydrogen (secondary N) is 1. The van der Waals surface area contributed by atoms with Crippen molar-refractivity contribution < 1.29 is 9.52 Å². The third kappa shape index (κ3) is 2.97. The summed E-state index contributed by atoms with van der Waals surface area (Å²) in [6.07, 6.45) is 2.43. The van der Waals surface area contributed by atoms with Crippen LogP contribution in [0.2, 0.25) is 0 Å². The second-order valence-corrected chi connectivity index (χ2v) is 3.19. The van der Waals surface area contributed by atoms with Crippen LogP contribution in [0.5, 0.6) is 0 Å². The molecule has 0 aliphatic carbocycles. The van der Waals surface area contributed by atoms with Crippen LogP contribution in [0.4, 0.5) is 0 Å². The average molecular weight is 234 g/mol. The second kappa shape index (κ2) is 5.35. The van der Waals surface area contributed by atoms with Crippen LogP contribution in [0.1, 0.15) is 12.0 Å². The topological polar surface area (TPSA) is 45.4 Å². The fraction of sp³-hybridized carbons (Fsp3) is 0.500. The van der Waals surface area contributed by atoms with Gasteiger partial charge in [-0.1, -0.05) is 0 Å². The molecule has 1 aromatic heterocycles. The van der Waals surface area contributed by atoms with Gasteiger partial charge in [-0.05, 0) is 35.0 Å². The van der Waals surface area contributed by atoms with E-state index in [0.717, 1.165) is 29.7 Å². The van der Waals surface area contributed by atoms with E-state index in [2.05, 4.69) is 21.2 Å². The molecular weight excluding hydrogens is 222 g/mol. The molecule has 0 bridgehead atoms. The summed E-state index contributed by atoms with van der Waals surface area (Å²) in [5.74, 6) is 0. The summed E-state index contributed by atoms with van der Waals surface area (Å²) in [7, 11) is 0. The standard InChI is InChI=1S/C8H12BrNO2/c9-8-7(2-5-12-8)6-10-3-1-4-11/h2,5,10-11H,1,3-4,6H2. The Morgan fingerprint density at radius 1 is 1.58 bits per heavy atom. The highest BCUT2D eigenvalue weighted by Gasteiger charge is 2.00. The summed E-state index contributed by atoms with van der Waals surface area (Å²) in [6, 6.07) is 1.91. The van der Waals surface area contributed by atoms with E-state index in [9.17, 15) is 0 Å². The fourth-order valence-electron chi connectivity index (χ4n) is 0.873. The number of aliphatic hydroxyl groups excluding tert-OH is 1. The molecule has 0 saturated heterocycles. The van der Waals surface area contributed by atoms with Crippen molar-refractivity contribution in [3.63, 3.8) is 0 Å². The molecule has 0 atom stereocenters. The van der Waals surface area contributed by atoms with Crippen LogP contribution in [0.15, 0.2) is 21.4 Å². The van der Waals surface area contributed by atoms with Gasteiger partial charge < -0.3 is 14.8 Å². The molecule has 0 saturated carbocycles. The maximum atomic E-state index is 8.51. The quantitative estimate of drug-likeness (QED) is 0.759. The van der Waals surface area contributed by atoms with Gasteiger partial charge in [0.05, 0.1) is 6.26 Å². The molecule has 0 aliphatic heterocycles. The fourth-order valence-corrected chi connectivity index (χ4v) is 1.25. The van der Waals surface area contributed by atoms with Crippen molar-refractivity contribution >= 4 is 15.9 Å². The number of rotatable bonds is 5. The van der Waals surface area contributed by atoms with E-state index in [0.29, 0.717) is 0 Å². The summed E-state index contributed by atoms with van der Waals surface area (Å²) in [4.78, 5) is 0. The van der Waals surface area contributed by atoms with Gasteiger partial charge in [-0.2, -0.15) is 0 Å². The molecule has 0 radical (unpaired) electrons. The molecular formula is C8H12BrNO2. The van der Waals surface area contributed by atoms with Crippen molar-refractivity contribution in [3.05, 3.63) is 22.6 Å². The van der Waals surface area contributed by atoms with Gasteiger partial charge in [0, 0.05) is 18.7 Å². The van der Waals surface area contributed by atoms with Gasteiger partial charge in [-0.25, -0.2) is 0 Å².